The molecule has 0 spiro atoms. The first-order chi connectivity index (χ1) is 11.6. The number of nitrogens with zero attached hydrogens (tertiary/aromatic N) is 1. The van der Waals surface area contributed by atoms with Crippen molar-refractivity contribution in [1.29, 1.82) is 0 Å². The molecule has 2 amide bonds. The summed E-state index contributed by atoms with van der Waals surface area (Å²) in [5.74, 6) is -2.24. The predicted molar refractivity (Wildman–Crippen MR) is 89.6 cm³/mol. The predicted octanol–water partition coefficient (Wildman–Crippen LogP) is 2.91. The van der Waals surface area contributed by atoms with Crippen LogP contribution in [0.25, 0.3) is 0 Å². The summed E-state index contributed by atoms with van der Waals surface area (Å²) in [4.78, 5) is 24.2. The van der Waals surface area contributed by atoms with Gasteiger partial charge in [-0.15, -0.1) is 0 Å². The topological polar surface area (TPSA) is 75.4 Å². The molecular formula is C17H24F3N3O2. The van der Waals surface area contributed by atoms with Gasteiger partial charge in [0, 0.05) is 18.8 Å². The number of nitrogens with one attached hydrogen (secondary N) is 1. The van der Waals surface area contributed by atoms with Gasteiger partial charge >= 0.3 is 12.1 Å². The van der Waals surface area contributed by atoms with Gasteiger partial charge in [0.15, 0.2) is 0 Å². The van der Waals surface area contributed by atoms with Crippen LogP contribution < -0.4 is 11.1 Å². The number of halogens is 3. The van der Waals surface area contributed by atoms with E-state index < -0.39 is 18.1 Å². The van der Waals surface area contributed by atoms with Crippen LogP contribution in [0.4, 0.5) is 18.9 Å². The van der Waals surface area contributed by atoms with Crippen molar-refractivity contribution in [3.05, 3.63) is 29.8 Å². The normalized spacial score (nSPS) is 13.9. The third-order valence-corrected chi connectivity index (χ3v) is 4.04. The average Bonchev–Trinajstić information content (AvgIpc) is 2.57. The van der Waals surface area contributed by atoms with Crippen molar-refractivity contribution in [3.8, 4) is 0 Å². The number of benzene rings is 1. The smallest absolute Gasteiger partial charge is 0.331 e. The highest BCUT2D eigenvalue weighted by molar-refractivity contribution is 5.94. The Morgan fingerprint density at radius 2 is 1.92 bits per heavy atom. The van der Waals surface area contributed by atoms with E-state index in [1.807, 2.05) is 13.8 Å². The molecule has 0 saturated heterocycles. The van der Waals surface area contributed by atoms with Crippen LogP contribution in [-0.2, 0) is 16.1 Å². The molecule has 0 radical (unpaired) electrons. The highest BCUT2D eigenvalue weighted by Gasteiger charge is 2.41. The standard InChI is InChI=1S/C17H24F3N3O2/c1-4-11(3)14(21)15(24)22-13-8-6-7-12(9-13)10-23(5-2)16(25)17(18,19)20/h6-9,11,14H,4-5,10,21H2,1-3H3,(H,22,24). The third kappa shape index (κ3) is 6.04. The first-order valence-corrected chi connectivity index (χ1v) is 8.11. The Labute approximate surface area is 145 Å². The van der Waals surface area contributed by atoms with Crippen LogP contribution in [0.1, 0.15) is 32.8 Å². The van der Waals surface area contributed by atoms with Gasteiger partial charge in [0.05, 0.1) is 6.04 Å². The first-order valence-electron chi connectivity index (χ1n) is 8.11. The van der Waals surface area contributed by atoms with Gasteiger partial charge in [0.25, 0.3) is 0 Å². The molecule has 1 rings (SSSR count). The number of rotatable bonds is 7. The molecule has 3 N–H and O–H groups in total. The summed E-state index contributed by atoms with van der Waals surface area (Å²) in [5.41, 5.74) is 6.77. The van der Waals surface area contributed by atoms with Crippen LogP contribution in [0.15, 0.2) is 24.3 Å². The number of nitrogens with two attached hydrogens (primary N) is 1. The first kappa shape index (κ1) is 21.0. The second-order valence-corrected chi connectivity index (χ2v) is 5.92. The van der Waals surface area contributed by atoms with Crippen LogP contribution in [0.5, 0.6) is 0 Å². The van der Waals surface area contributed by atoms with E-state index in [0.29, 0.717) is 16.2 Å². The molecule has 0 aromatic heterocycles. The second-order valence-electron chi connectivity index (χ2n) is 5.92. The molecular weight excluding hydrogens is 335 g/mol. The van der Waals surface area contributed by atoms with Crippen LogP contribution in [-0.4, -0.2) is 35.5 Å². The lowest BCUT2D eigenvalue weighted by Crippen LogP contribution is -2.41. The summed E-state index contributed by atoms with van der Waals surface area (Å²) in [7, 11) is 0. The minimum Gasteiger partial charge on any atom is -0.331 e. The monoisotopic (exact) mass is 359 g/mol. The number of amides is 2. The maximum atomic E-state index is 12.6. The molecule has 8 heteroatoms. The fourth-order valence-electron chi connectivity index (χ4n) is 2.21. The zero-order valence-corrected chi connectivity index (χ0v) is 14.6. The van der Waals surface area contributed by atoms with Crippen molar-refractivity contribution in [3.63, 3.8) is 0 Å². The lowest BCUT2D eigenvalue weighted by Gasteiger charge is -2.22. The molecule has 0 heterocycles. The zero-order chi connectivity index (χ0) is 19.2. The van der Waals surface area contributed by atoms with E-state index in [9.17, 15) is 22.8 Å². The van der Waals surface area contributed by atoms with E-state index in [1.165, 1.54) is 13.0 Å². The number of hydrogen-bond acceptors (Lipinski definition) is 3. The highest BCUT2D eigenvalue weighted by atomic mass is 19.4. The summed E-state index contributed by atoms with van der Waals surface area (Å²) in [5, 5.41) is 2.66. The van der Waals surface area contributed by atoms with Crippen molar-refractivity contribution < 1.29 is 22.8 Å². The summed E-state index contributed by atoms with van der Waals surface area (Å²) >= 11 is 0. The average molecular weight is 359 g/mol. The molecule has 1 aromatic carbocycles. The summed E-state index contributed by atoms with van der Waals surface area (Å²) < 4.78 is 37.7. The Hall–Kier alpha value is -2.09. The Balaban J connectivity index is 2.84. The molecule has 0 fully saturated rings. The Morgan fingerprint density at radius 1 is 1.28 bits per heavy atom. The van der Waals surface area contributed by atoms with Crippen molar-refractivity contribution in [2.75, 3.05) is 11.9 Å². The van der Waals surface area contributed by atoms with Gasteiger partial charge in [-0.05, 0) is 30.5 Å². The van der Waals surface area contributed by atoms with Crippen LogP contribution in [0, 0.1) is 5.92 Å². The zero-order valence-electron chi connectivity index (χ0n) is 14.6. The molecule has 5 nitrogen and oxygen atoms in total. The highest BCUT2D eigenvalue weighted by Crippen LogP contribution is 2.21. The summed E-state index contributed by atoms with van der Waals surface area (Å²) in [6, 6.07) is 5.68. The van der Waals surface area contributed by atoms with E-state index in [4.69, 9.17) is 5.73 Å². The number of carbonyl (C=O) groups is 2. The molecule has 0 aliphatic heterocycles. The summed E-state index contributed by atoms with van der Waals surface area (Å²) in [6.45, 7) is 4.99. The lowest BCUT2D eigenvalue weighted by molar-refractivity contribution is -0.185. The molecule has 0 aliphatic rings. The summed E-state index contributed by atoms with van der Waals surface area (Å²) in [6.07, 6.45) is -4.16. The SMILES string of the molecule is CCC(C)C(N)C(=O)Nc1cccc(CN(CC)C(=O)C(F)(F)F)c1. The maximum Gasteiger partial charge on any atom is 0.471 e. The lowest BCUT2D eigenvalue weighted by atomic mass is 9.99. The van der Waals surface area contributed by atoms with Gasteiger partial charge < -0.3 is 16.0 Å². The molecule has 0 aliphatic carbocycles. The fraction of sp³-hybridized carbons (Fsp3) is 0.529. The third-order valence-electron chi connectivity index (χ3n) is 4.04. The molecule has 140 valence electrons. The molecule has 0 bridgehead atoms. The van der Waals surface area contributed by atoms with E-state index in [0.717, 1.165) is 6.42 Å². The van der Waals surface area contributed by atoms with Crippen LogP contribution >= 0.6 is 0 Å². The Kier molecular flexibility index (Phi) is 7.41. The Bertz CT molecular complexity index is 605. The van der Waals surface area contributed by atoms with E-state index in [2.05, 4.69) is 5.32 Å². The maximum absolute atomic E-state index is 12.6. The number of anilines is 1. The van der Waals surface area contributed by atoms with Crippen molar-refractivity contribution in [2.45, 2.75) is 46.0 Å². The van der Waals surface area contributed by atoms with E-state index in [-0.39, 0.29) is 24.9 Å². The number of alkyl halides is 3. The number of hydrogen-bond donors (Lipinski definition) is 2. The van der Waals surface area contributed by atoms with Gasteiger partial charge in [0.2, 0.25) is 5.91 Å². The quantitative estimate of drug-likeness (QED) is 0.786. The molecule has 2 unspecified atom stereocenters. The van der Waals surface area contributed by atoms with Crippen molar-refractivity contribution in [1.82, 2.24) is 4.90 Å². The largest absolute Gasteiger partial charge is 0.471 e. The van der Waals surface area contributed by atoms with Gasteiger partial charge in [0.1, 0.15) is 0 Å². The van der Waals surface area contributed by atoms with E-state index >= 15 is 0 Å². The molecule has 2 atom stereocenters. The minimum atomic E-state index is -4.91. The van der Waals surface area contributed by atoms with Gasteiger partial charge in [-0.1, -0.05) is 32.4 Å². The van der Waals surface area contributed by atoms with Gasteiger partial charge in [-0.25, -0.2) is 0 Å². The van der Waals surface area contributed by atoms with Gasteiger partial charge in [-0.3, -0.25) is 9.59 Å². The van der Waals surface area contributed by atoms with Gasteiger partial charge in [-0.2, -0.15) is 13.2 Å². The van der Waals surface area contributed by atoms with Crippen LogP contribution in [0.3, 0.4) is 0 Å². The molecule has 1 aromatic rings. The number of carbonyl (C=O) groups excluding carboxylic acids is 2. The van der Waals surface area contributed by atoms with E-state index in [1.54, 1.807) is 18.2 Å². The second kappa shape index (κ2) is 8.84. The molecule has 0 saturated carbocycles. The van der Waals surface area contributed by atoms with Crippen LogP contribution in [0.2, 0.25) is 0 Å². The minimum absolute atomic E-state index is 0.00294. The fourth-order valence-corrected chi connectivity index (χ4v) is 2.21. The van der Waals surface area contributed by atoms with Crippen molar-refractivity contribution in [2.24, 2.45) is 11.7 Å². The molecule has 25 heavy (non-hydrogen) atoms. The van der Waals surface area contributed by atoms with Crippen molar-refractivity contribution >= 4 is 17.5 Å². The Morgan fingerprint density at radius 3 is 2.44 bits per heavy atom.